The van der Waals surface area contributed by atoms with E-state index < -0.39 is 17.9 Å². The third-order valence-corrected chi connectivity index (χ3v) is 2.53. The number of aliphatic hydroxyl groups is 1. The minimum absolute atomic E-state index is 0.0644. The van der Waals surface area contributed by atoms with Crippen LogP contribution in [0.2, 0.25) is 0 Å². The van der Waals surface area contributed by atoms with E-state index >= 15 is 0 Å². The molecule has 0 spiro atoms. The molecule has 1 aliphatic rings. The molecule has 4 nitrogen and oxygen atoms in total. The molecule has 15 heavy (non-hydrogen) atoms. The largest absolute Gasteiger partial charge is 0.388 e. The highest BCUT2D eigenvalue weighted by Crippen LogP contribution is 2.27. The number of amides is 2. The number of carbonyl (C=O) groups is 2. The van der Waals surface area contributed by atoms with Gasteiger partial charge in [-0.2, -0.15) is 0 Å². The predicted molar refractivity (Wildman–Crippen MR) is 52.7 cm³/mol. The zero-order chi connectivity index (χ0) is 10.8. The van der Waals surface area contributed by atoms with Crippen LogP contribution in [0, 0.1) is 5.92 Å². The number of rotatable bonds is 2. The molecule has 2 N–H and O–H groups in total. The van der Waals surface area contributed by atoms with E-state index in [1.807, 2.05) is 6.07 Å². The van der Waals surface area contributed by atoms with Gasteiger partial charge in [0, 0.05) is 6.42 Å². The summed E-state index contributed by atoms with van der Waals surface area (Å²) < 4.78 is 0. The van der Waals surface area contributed by atoms with E-state index in [1.165, 1.54) is 0 Å². The van der Waals surface area contributed by atoms with Crippen LogP contribution in [0.3, 0.4) is 0 Å². The van der Waals surface area contributed by atoms with Gasteiger partial charge >= 0.3 is 0 Å². The quantitative estimate of drug-likeness (QED) is 0.686. The summed E-state index contributed by atoms with van der Waals surface area (Å²) in [5.74, 6) is -1.36. The molecule has 4 heteroatoms. The monoisotopic (exact) mass is 205 g/mol. The molecule has 0 radical (unpaired) electrons. The molecule has 0 bridgehead atoms. The van der Waals surface area contributed by atoms with E-state index in [2.05, 4.69) is 5.32 Å². The highest BCUT2D eigenvalue weighted by molar-refractivity contribution is 6.03. The maximum Gasteiger partial charge on any atom is 0.233 e. The van der Waals surface area contributed by atoms with Gasteiger partial charge in [-0.1, -0.05) is 30.3 Å². The number of aliphatic hydroxyl groups excluding tert-OH is 1. The van der Waals surface area contributed by atoms with Crippen molar-refractivity contribution in [2.24, 2.45) is 5.92 Å². The van der Waals surface area contributed by atoms with Gasteiger partial charge in [-0.05, 0) is 5.56 Å². The van der Waals surface area contributed by atoms with Crippen LogP contribution in [0.15, 0.2) is 30.3 Å². The minimum atomic E-state index is -0.905. The second-order valence-corrected chi connectivity index (χ2v) is 3.58. The van der Waals surface area contributed by atoms with Gasteiger partial charge in [0.05, 0.1) is 12.0 Å². The molecule has 1 fully saturated rings. The molecular formula is C11H11NO3. The first-order chi connectivity index (χ1) is 7.18. The first-order valence-electron chi connectivity index (χ1n) is 4.75. The first-order valence-corrected chi connectivity index (χ1v) is 4.75. The lowest BCUT2D eigenvalue weighted by Crippen LogP contribution is -2.25. The Morgan fingerprint density at radius 1 is 1.27 bits per heavy atom. The third-order valence-electron chi connectivity index (χ3n) is 2.53. The molecule has 0 saturated carbocycles. The zero-order valence-corrected chi connectivity index (χ0v) is 8.01. The van der Waals surface area contributed by atoms with Gasteiger partial charge in [-0.25, -0.2) is 0 Å². The topological polar surface area (TPSA) is 66.4 Å². The molecule has 2 rings (SSSR count). The van der Waals surface area contributed by atoms with Crippen molar-refractivity contribution in [1.82, 2.24) is 5.32 Å². The number of hydrogen-bond acceptors (Lipinski definition) is 3. The average Bonchev–Trinajstić information content (AvgIpc) is 2.58. The zero-order valence-electron chi connectivity index (χ0n) is 8.01. The lowest BCUT2D eigenvalue weighted by molar-refractivity contribution is -0.127. The van der Waals surface area contributed by atoms with E-state index in [0.29, 0.717) is 5.56 Å². The minimum Gasteiger partial charge on any atom is -0.388 e. The predicted octanol–water partition coefficient (Wildman–Crippen LogP) is 0.383. The standard InChI is InChI=1S/C11H11NO3/c13-9-6-8(11(15)12-9)10(14)7-4-2-1-3-5-7/h1-5,8,10,14H,6H2,(H,12,13,15)/t8-,10+/m1/s1. The maximum atomic E-state index is 11.3. The SMILES string of the molecule is O=C1C[C@H]([C@@H](O)c2ccccc2)C(=O)N1. The Morgan fingerprint density at radius 3 is 2.47 bits per heavy atom. The maximum absolute atomic E-state index is 11.3. The summed E-state index contributed by atoms with van der Waals surface area (Å²) in [5.41, 5.74) is 0.660. The number of nitrogens with one attached hydrogen (secondary N) is 1. The van der Waals surface area contributed by atoms with Gasteiger partial charge in [-0.15, -0.1) is 0 Å². The van der Waals surface area contributed by atoms with Crippen LogP contribution in [0.4, 0.5) is 0 Å². The molecule has 2 amide bonds. The second kappa shape index (κ2) is 3.82. The number of hydrogen-bond donors (Lipinski definition) is 2. The Labute approximate surface area is 86.9 Å². The number of benzene rings is 1. The van der Waals surface area contributed by atoms with Crippen LogP contribution in [0.1, 0.15) is 18.1 Å². The Balaban J connectivity index is 2.18. The molecule has 0 aromatic heterocycles. The first kappa shape index (κ1) is 9.86. The molecule has 1 saturated heterocycles. The van der Waals surface area contributed by atoms with Crippen molar-refractivity contribution in [2.45, 2.75) is 12.5 Å². The van der Waals surface area contributed by atoms with Crippen molar-refractivity contribution in [2.75, 3.05) is 0 Å². The molecule has 1 aliphatic heterocycles. The van der Waals surface area contributed by atoms with Gasteiger partial charge in [-0.3, -0.25) is 14.9 Å². The van der Waals surface area contributed by atoms with Crippen LogP contribution in [0.5, 0.6) is 0 Å². The Morgan fingerprint density at radius 2 is 1.93 bits per heavy atom. The van der Waals surface area contributed by atoms with Crippen LogP contribution in [0.25, 0.3) is 0 Å². The van der Waals surface area contributed by atoms with Crippen LogP contribution < -0.4 is 5.32 Å². The van der Waals surface area contributed by atoms with Gasteiger partial charge in [0.15, 0.2) is 0 Å². The van der Waals surface area contributed by atoms with Gasteiger partial charge in [0.1, 0.15) is 0 Å². The Bertz CT molecular complexity index is 388. The molecule has 1 aromatic carbocycles. The summed E-state index contributed by atoms with van der Waals surface area (Å²) >= 11 is 0. The highest BCUT2D eigenvalue weighted by atomic mass is 16.3. The fourth-order valence-electron chi connectivity index (χ4n) is 1.71. The molecule has 0 unspecified atom stereocenters. The van der Waals surface area contributed by atoms with Crippen molar-refractivity contribution in [3.05, 3.63) is 35.9 Å². The van der Waals surface area contributed by atoms with Crippen molar-refractivity contribution in [3.63, 3.8) is 0 Å². The molecule has 1 aromatic rings. The molecular weight excluding hydrogens is 194 g/mol. The van der Waals surface area contributed by atoms with E-state index in [4.69, 9.17) is 0 Å². The summed E-state index contributed by atoms with van der Waals surface area (Å²) in [4.78, 5) is 22.3. The number of carbonyl (C=O) groups excluding carboxylic acids is 2. The van der Waals surface area contributed by atoms with Crippen molar-refractivity contribution in [1.29, 1.82) is 0 Å². The highest BCUT2D eigenvalue weighted by Gasteiger charge is 2.36. The molecule has 0 aliphatic carbocycles. The van der Waals surface area contributed by atoms with Crippen molar-refractivity contribution < 1.29 is 14.7 Å². The van der Waals surface area contributed by atoms with Crippen LogP contribution in [-0.4, -0.2) is 16.9 Å². The molecule has 78 valence electrons. The van der Waals surface area contributed by atoms with Crippen LogP contribution >= 0.6 is 0 Å². The van der Waals surface area contributed by atoms with Crippen LogP contribution in [-0.2, 0) is 9.59 Å². The second-order valence-electron chi connectivity index (χ2n) is 3.58. The normalized spacial score (nSPS) is 22.6. The van der Waals surface area contributed by atoms with Gasteiger partial charge < -0.3 is 5.11 Å². The average molecular weight is 205 g/mol. The smallest absolute Gasteiger partial charge is 0.233 e. The fourth-order valence-corrected chi connectivity index (χ4v) is 1.71. The third kappa shape index (κ3) is 1.89. The molecule has 1 heterocycles. The summed E-state index contributed by atoms with van der Waals surface area (Å²) in [5, 5.41) is 12.1. The summed E-state index contributed by atoms with van der Waals surface area (Å²) in [6.45, 7) is 0. The van der Waals surface area contributed by atoms with Crippen molar-refractivity contribution in [3.8, 4) is 0 Å². The lowest BCUT2D eigenvalue weighted by Gasteiger charge is -2.14. The Kier molecular flexibility index (Phi) is 2.51. The summed E-state index contributed by atoms with van der Waals surface area (Å²) in [7, 11) is 0. The van der Waals surface area contributed by atoms with E-state index in [0.717, 1.165) is 0 Å². The summed E-state index contributed by atoms with van der Waals surface area (Å²) in [6, 6.07) is 8.87. The van der Waals surface area contributed by atoms with E-state index in [9.17, 15) is 14.7 Å². The summed E-state index contributed by atoms with van der Waals surface area (Å²) in [6.07, 6.45) is -0.841. The van der Waals surface area contributed by atoms with Gasteiger partial charge in [0.25, 0.3) is 0 Å². The number of imide groups is 1. The lowest BCUT2D eigenvalue weighted by atomic mass is 9.94. The fraction of sp³-hybridized carbons (Fsp3) is 0.273. The molecule has 2 atom stereocenters. The van der Waals surface area contributed by atoms with Crippen molar-refractivity contribution >= 4 is 11.8 Å². The Hall–Kier alpha value is -1.68. The van der Waals surface area contributed by atoms with E-state index in [1.54, 1.807) is 24.3 Å². The van der Waals surface area contributed by atoms with Gasteiger partial charge in [0.2, 0.25) is 11.8 Å². The van der Waals surface area contributed by atoms with E-state index in [-0.39, 0.29) is 12.3 Å².